The number of rotatable bonds is 5. The molecule has 2 aromatic rings. The first-order valence-corrected chi connectivity index (χ1v) is 8.75. The minimum atomic E-state index is -0.174. The predicted molar refractivity (Wildman–Crippen MR) is 95.6 cm³/mol. The Labute approximate surface area is 143 Å². The van der Waals surface area contributed by atoms with Crippen molar-refractivity contribution in [2.45, 2.75) is 38.0 Å². The van der Waals surface area contributed by atoms with Gasteiger partial charge in [0.05, 0.1) is 0 Å². The highest BCUT2D eigenvalue weighted by Crippen LogP contribution is 2.39. The summed E-state index contributed by atoms with van der Waals surface area (Å²) >= 11 is 0. The van der Waals surface area contributed by atoms with Crippen molar-refractivity contribution in [3.05, 3.63) is 65.7 Å². The van der Waals surface area contributed by atoms with Gasteiger partial charge in [-0.25, -0.2) is 0 Å². The number of phenolic OH excluding ortho intramolecular Hbond substituents is 1. The highest BCUT2D eigenvalue weighted by atomic mass is 16.3. The third-order valence-corrected chi connectivity index (χ3v) is 5.37. The van der Waals surface area contributed by atoms with Crippen molar-refractivity contribution in [2.24, 2.45) is 17.6 Å². The molecule has 0 radical (unpaired) electrons. The minimum absolute atomic E-state index is 0.0758. The van der Waals surface area contributed by atoms with E-state index in [-0.39, 0.29) is 11.8 Å². The molecule has 1 saturated carbocycles. The first kappa shape index (κ1) is 16.6. The molecule has 0 aromatic heterocycles. The number of aromatic hydroxyl groups is 1. The molecule has 1 aliphatic rings. The molecule has 3 rings (SSSR count). The minimum Gasteiger partial charge on any atom is -0.508 e. The van der Waals surface area contributed by atoms with Gasteiger partial charge in [0.15, 0.2) is 0 Å². The summed E-state index contributed by atoms with van der Waals surface area (Å²) in [5.41, 5.74) is 8.18. The fourth-order valence-electron chi connectivity index (χ4n) is 3.97. The van der Waals surface area contributed by atoms with E-state index in [0.717, 1.165) is 32.1 Å². The Balaban J connectivity index is 1.63. The van der Waals surface area contributed by atoms with Crippen LogP contribution >= 0.6 is 0 Å². The second kappa shape index (κ2) is 7.52. The van der Waals surface area contributed by atoms with Gasteiger partial charge in [-0.05, 0) is 67.2 Å². The van der Waals surface area contributed by atoms with Crippen LogP contribution in [-0.2, 0) is 11.2 Å². The third kappa shape index (κ3) is 3.97. The number of hydrogen-bond donors (Lipinski definition) is 2. The standard InChI is InChI=1S/C21H25NO2/c22-21(24)20(14-15-4-2-1-3-5-15)18-8-6-16(7-9-18)17-10-12-19(23)13-11-17/h1-5,10-13,16,18,20,23H,6-9,14H2,(H2,22,24). The number of carbonyl (C=O) groups excluding carboxylic acids is 1. The van der Waals surface area contributed by atoms with Crippen LogP contribution in [0.25, 0.3) is 0 Å². The van der Waals surface area contributed by atoms with Crippen molar-refractivity contribution >= 4 is 5.91 Å². The van der Waals surface area contributed by atoms with Gasteiger partial charge in [-0.1, -0.05) is 42.5 Å². The monoisotopic (exact) mass is 323 g/mol. The molecule has 3 nitrogen and oxygen atoms in total. The summed E-state index contributed by atoms with van der Waals surface area (Å²) in [6.07, 6.45) is 4.96. The average molecular weight is 323 g/mol. The Hall–Kier alpha value is -2.29. The zero-order valence-electron chi connectivity index (χ0n) is 13.9. The molecular weight excluding hydrogens is 298 g/mol. The lowest BCUT2D eigenvalue weighted by Crippen LogP contribution is -2.33. The maximum absolute atomic E-state index is 12.0. The van der Waals surface area contributed by atoms with E-state index in [4.69, 9.17) is 5.73 Å². The Morgan fingerprint density at radius 1 is 1.00 bits per heavy atom. The van der Waals surface area contributed by atoms with Gasteiger partial charge in [0.25, 0.3) is 0 Å². The zero-order valence-corrected chi connectivity index (χ0v) is 13.9. The first-order chi connectivity index (χ1) is 11.6. The Kier molecular flexibility index (Phi) is 5.19. The molecule has 1 aliphatic carbocycles. The number of hydrogen-bond acceptors (Lipinski definition) is 2. The van der Waals surface area contributed by atoms with Crippen LogP contribution in [0, 0.1) is 11.8 Å². The van der Waals surface area contributed by atoms with Crippen molar-refractivity contribution in [3.63, 3.8) is 0 Å². The van der Waals surface area contributed by atoms with E-state index in [1.807, 2.05) is 30.3 Å². The molecule has 0 heterocycles. The number of primary amides is 1. The van der Waals surface area contributed by atoms with Crippen LogP contribution in [0.1, 0.15) is 42.7 Å². The van der Waals surface area contributed by atoms with Crippen molar-refractivity contribution < 1.29 is 9.90 Å². The van der Waals surface area contributed by atoms with E-state index >= 15 is 0 Å². The van der Waals surface area contributed by atoms with Gasteiger partial charge in [-0.15, -0.1) is 0 Å². The van der Waals surface area contributed by atoms with Crippen LogP contribution in [0.4, 0.5) is 0 Å². The van der Waals surface area contributed by atoms with Crippen molar-refractivity contribution in [3.8, 4) is 5.75 Å². The van der Waals surface area contributed by atoms with E-state index in [1.165, 1.54) is 11.1 Å². The lowest BCUT2D eigenvalue weighted by Gasteiger charge is -2.33. The van der Waals surface area contributed by atoms with Crippen molar-refractivity contribution in [1.82, 2.24) is 0 Å². The topological polar surface area (TPSA) is 63.3 Å². The fourth-order valence-corrected chi connectivity index (χ4v) is 3.97. The van der Waals surface area contributed by atoms with Gasteiger partial charge in [0.1, 0.15) is 5.75 Å². The molecule has 126 valence electrons. The highest BCUT2D eigenvalue weighted by molar-refractivity contribution is 5.77. The van der Waals surface area contributed by atoms with Gasteiger partial charge in [0.2, 0.25) is 5.91 Å². The Bertz CT molecular complexity index is 658. The van der Waals surface area contributed by atoms with E-state index in [2.05, 4.69) is 12.1 Å². The molecular formula is C21H25NO2. The maximum Gasteiger partial charge on any atom is 0.221 e. The van der Waals surface area contributed by atoms with Gasteiger partial charge in [0, 0.05) is 5.92 Å². The molecule has 1 unspecified atom stereocenters. The SMILES string of the molecule is NC(=O)C(Cc1ccccc1)C1CCC(c2ccc(O)cc2)CC1. The van der Waals surface area contributed by atoms with Crippen molar-refractivity contribution in [2.75, 3.05) is 0 Å². The molecule has 1 amide bonds. The van der Waals surface area contributed by atoms with Crippen LogP contribution in [0.15, 0.2) is 54.6 Å². The summed E-state index contributed by atoms with van der Waals surface area (Å²) in [4.78, 5) is 12.0. The van der Waals surface area contributed by atoms with E-state index in [0.29, 0.717) is 17.6 Å². The summed E-state index contributed by atoms with van der Waals surface area (Å²) in [5.74, 6) is 0.951. The van der Waals surface area contributed by atoms with Crippen LogP contribution < -0.4 is 5.73 Å². The molecule has 0 bridgehead atoms. The van der Waals surface area contributed by atoms with E-state index in [1.54, 1.807) is 12.1 Å². The highest BCUT2D eigenvalue weighted by Gasteiger charge is 2.31. The molecule has 24 heavy (non-hydrogen) atoms. The molecule has 0 saturated heterocycles. The first-order valence-electron chi connectivity index (χ1n) is 8.75. The summed E-state index contributed by atoms with van der Waals surface area (Å²) in [5, 5.41) is 9.42. The number of nitrogens with two attached hydrogens (primary N) is 1. The Morgan fingerprint density at radius 3 is 2.21 bits per heavy atom. The van der Waals surface area contributed by atoms with E-state index < -0.39 is 0 Å². The number of amides is 1. The smallest absolute Gasteiger partial charge is 0.221 e. The predicted octanol–water partition coefficient (Wildman–Crippen LogP) is 4.01. The Morgan fingerprint density at radius 2 is 1.62 bits per heavy atom. The van der Waals surface area contributed by atoms with Gasteiger partial charge < -0.3 is 10.8 Å². The van der Waals surface area contributed by atoms with Crippen LogP contribution in [0.3, 0.4) is 0 Å². The molecule has 0 spiro atoms. The molecule has 0 aliphatic heterocycles. The molecule has 1 fully saturated rings. The lowest BCUT2D eigenvalue weighted by atomic mass is 9.72. The van der Waals surface area contributed by atoms with Crippen molar-refractivity contribution in [1.29, 1.82) is 0 Å². The molecule has 1 atom stereocenters. The lowest BCUT2D eigenvalue weighted by molar-refractivity contribution is -0.123. The van der Waals surface area contributed by atoms with Gasteiger partial charge in [-0.3, -0.25) is 4.79 Å². The summed E-state index contributed by atoms with van der Waals surface area (Å²) in [7, 11) is 0. The van der Waals surface area contributed by atoms with Crippen LogP contribution in [-0.4, -0.2) is 11.0 Å². The summed E-state index contributed by atoms with van der Waals surface area (Å²) < 4.78 is 0. The van der Waals surface area contributed by atoms with Crippen LogP contribution in [0.5, 0.6) is 5.75 Å². The number of carbonyl (C=O) groups is 1. The second-order valence-electron chi connectivity index (χ2n) is 6.90. The van der Waals surface area contributed by atoms with Crippen LogP contribution in [0.2, 0.25) is 0 Å². The normalized spacial score (nSPS) is 22.0. The third-order valence-electron chi connectivity index (χ3n) is 5.37. The molecule has 2 aromatic carbocycles. The maximum atomic E-state index is 12.0. The van der Waals surface area contributed by atoms with E-state index in [9.17, 15) is 9.90 Å². The quantitative estimate of drug-likeness (QED) is 0.873. The molecule has 3 N–H and O–H groups in total. The number of benzene rings is 2. The second-order valence-corrected chi connectivity index (χ2v) is 6.90. The summed E-state index contributed by atoms with van der Waals surface area (Å²) in [6, 6.07) is 17.7. The average Bonchev–Trinajstić information content (AvgIpc) is 2.61. The number of phenols is 1. The van der Waals surface area contributed by atoms with Gasteiger partial charge in [-0.2, -0.15) is 0 Å². The van der Waals surface area contributed by atoms with Gasteiger partial charge >= 0.3 is 0 Å². The zero-order chi connectivity index (χ0) is 16.9. The largest absolute Gasteiger partial charge is 0.508 e. The fraction of sp³-hybridized carbons (Fsp3) is 0.381. The summed E-state index contributed by atoms with van der Waals surface area (Å²) in [6.45, 7) is 0. The molecule has 3 heteroatoms.